The smallest absolute Gasteiger partial charge is 0.329 e. The maximum absolute atomic E-state index is 12.2. The summed E-state index contributed by atoms with van der Waals surface area (Å²) in [5.41, 5.74) is 5.11. The zero-order valence-corrected chi connectivity index (χ0v) is 20.1. The third-order valence-corrected chi connectivity index (χ3v) is 4.89. The van der Waals surface area contributed by atoms with E-state index in [4.69, 9.17) is 9.47 Å². The normalized spacial score (nSPS) is 10.5. The molecular formula is C27H28N4O5. The number of carbonyl (C=O) groups is 3. The molecule has 3 aromatic rings. The maximum Gasteiger partial charge on any atom is 0.329 e. The van der Waals surface area contributed by atoms with E-state index < -0.39 is 11.8 Å². The van der Waals surface area contributed by atoms with Crippen LogP contribution >= 0.6 is 0 Å². The first-order chi connectivity index (χ1) is 17.5. The van der Waals surface area contributed by atoms with E-state index in [-0.39, 0.29) is 12.5 Å². The second-order valence-corrected chi connectivity index (χ2v) is 7.55. The molecule has 0 aliphatic carbocycles. The van der Waals surface area contributed by atoms with Gasteiger partial charge in [0.15, 0.2) is 18.1 Å². The first-order valence-corrected chi connectivity index (χ1v) is 11.5. The van der Waals surface area contributed by atoms with Crippen molar-refractivity contribution in [3.63, 3.8) is 0 Å². The molecule has 0 aromatic heterocycles. The average Bonchev–Trinajstić information content (AvgIpc) is 2.89. The number of nitrogens with zero attached hydrogens (tertiary/aromatic N) is 1. The number of carbonyl (C=O) groups excluding carboxylic acids is 3. The highest BCUT2D eigenvalue weighted by molar-refractivity contribution is 6.39. The summed E-state index contributed by atoms with van der Waals surface area (Å²) in [7, 11) is 0. The Morgan fingerprint density at radius 2 is 1.53 bits per heavy atom. The Kier molecular flexibility index (Phi) is 9.58. The predicted octanol–water partition coefficient (Wildman–Crippen LogP) is 3.75. The van der Waals surface area contributed by atoms with Gasteiger partial charge in [-0.25, -0.2) is 5.43 Å². The molecule has 0 spiro atoms. The molecule has 3 aromatic carbocycles. The first kappa shape index (κ1) is 26.0. The number of ether oxygens (including phenoxy) is 2. The summed E-state index contributed by atoms with van der Waals surface area (Å²) in [5.74, 6) is -1.25. The van der Waals surface area contributed by atoms with Crippen molar-refractivity contribution in [2.45, 2.75) is 20.3 Å². The number of hydrogen-bond acceptors (Lipinski definition) is 6. The molecule has 0 radical (unpaired) electrons. The third-order valence-electron chi connectivity index (χ3n) is 4.89. The van der Waals surface area contributed by atoms with Crippen LogP contribution < -0.4 is 25.5 Å². The molecule has 0 fully saturated rings. The average molecular weight is 489 g/mol. The summed E-state index contributed by atoms with van der Waals surface area (Å²) in [5, 5.41) is 9.10. The summed E-state index contributed by atoms with van der Waals surface area (Å²) >= 11 is 0. The number of amides is 3. The Morgan fingerprint density at radius 3 is 2.22 bits per heavy atom. The molecule has 0 atom stereocenters. The topological polar surface area (TPSA) is 118 Å². The summed E-state index contributed by atoms with van der Waals surface area (Å²) in [4.78, 5) is 36.3. The van der Waals surface area contributed by atoms with Gasteiger partial charge < -0.3 is 20.1 Å². The minimum Gasteiger partial charge on any atom is -0.490 e. The van der Waals surface area contributed by atoms with Crippen molar-refractivity contribution < 1.29 is 23.9 Å². The third kappa shape index (κ3) is 7.98. The summed E-state index contributed by atoms with van der Waals surface area (Å²) in [6.45, 7) is 4.03. The van der Waals surface area contributed by atoms with Gasteiger partial charge in [-0.1, -0.05) is 37.3 Å². The molecule has 36 heavy (non-hydrogen) atoms. The molecule has 0 unspecified atom stereocenters. The van der Waals surface area contributed by atoms with Gasteiger partial charge in [-0.15, -0.1) is 0 Å². The number of benzene rings is 3. The van der Waals surface area contributed by atoms with Crippen molar-refractivity contribution in [2.75, 3.05) is 23.8 Å². The van der Waals surface area contributed by atoms with Crippen molar-refractivity contribution in [1.29, 1.82) is 0 Å². The highest BCUT2D eigenvalue weighted by Gasteiger charge is 2.13. The quantitative estimate of drug-likeness (QED) is 0.228. The molecule has 3 N–H and O–H groups in total. The van der Waals surface area contributed by atoms with E-state index in [0.29, 0.717) is 35.0 Å². The summed E-state index contributed by atoms with van der Waals surface area (Å²) in [6, 6.07) is 21.3. The molecule has 3 amide bonds. The SMILES string of the molecule is CCOc1cc(/C=N\NC(=O)C(=O)Nc2ccc(CC)cc2)ccc1OCC(=O)Nc1ccccc1. The highest BCUT2D eigenvalue weighted by Crippen LogP contribution is 2.28. The van der Waals surface area contributed by atoms with Crippen molar-refractivity contribution in [3.8, 4) is 11.5 Å². The summed E-state index contributed by atoms with van der Waals surface area (Å²) in [6.07, 6.45) is 2.25. The molecule has 0 bridgehead atoms. The van der Waals surface area contributed by atoms with Gasteiger partial charge in [0, 0.05) is 11.4 Å². The number of aryl methyl sites for hydroxylation is 1. The highest BCUT2D eigenvalue weighted by atomic mass is 16.5. The Bertz CT molecular complexity index is 1210. The fourth-order valence-corrected chi connectivity index (χ4v) is 3.08. The fourth-order valence-electron chi connectivity index (χ4n) is 3.08. The van der Waals surface area contributed by atoms with Crippen LogP contribution in [0.5, 0.6) is 11.5 Å². The molecule has 0 aliphatic heterocycles. The van der Waals surface area contributed by atoms with E-state index in [0.717, 1.165) is 12.0 Å². The van der Waals surface area contributed by atoms with Crippen LogP contribution in [0.2, 0.25) is 0 Å². The van der Waals surface area contributed by atoms with Crippen LogP contribution in [0, 0.1) is 0 Å². The van der Waals surface area contributed by atoms with Gasteiger partial charge >= 0.3 is 11.8 Å². The zero-order valence-electron chi connectivity index (χ0n) is 20.1. The number of hydrogen-bond donors (Lipinski definition) is 3. The molecule has 0 saturated carbocycles. The van der Waals surface area contributed by atoms with Gasteiger partial charge in [-0.05, 0) is 66.9 Å². The van der Waals surface area contributed by atoms with Crippen LogP contribution in [-0.2, 0) is 20.8 Å². The van der Waals surface area contributed by atoms with E-state index in [9.17, 15) is 14.4 Å². The number of para-hydroxylation sites is 1. The van der Waals surface area contributed by atoms with Gasteiger partial charge in [0.25, 0.3) is 5.91 Å². The molecule has 0 saturated heterocycles. The Hall–Kier alpha value is -4.66. The van der Waals surface area contributed by atoms with Crippen LogP contribution in [0.15, 0.2) is 77.9 Å². The van der Waals surface area contributed by atoms with Gasteiger partial charge in [-0.2, -0.15) is 5.10 Å². The van der Waals surface area contributed by atoms with Crippen molar-refractivity contribution in [2.24, 2.45) is 5.10 Å². The summed E-state index contributed by atoms with van der Waals surface area (Å²) < 4.78 is 11.2. The zero-order chi connectivity index (χ0) is 25.8. The lowest BCUT2D eigenvalue weighted by Crippen LogP contribution is -2.32. The Morgan fingerprint density at radius 1 is 0.806 bits per heavy atom. The van der Waals surface area contributed by atoms with Crippen molar-refractivity contribution in [1.82, 2.24) is 5.43 Å². The molecule has 0 heterocycles. The van der Waals surface area contributed by atoms with E-state index in [1.54, 1.807) is 42.5 Å². The first-order valence-electron chi connectivity index (χ1n) is 11.5. The van der Waals surface area contributed by atoms with Gasteiger partial charge in [-0.3, -0.25) is 14.4 Å². The second kappa shape index (κ2) is 13.3. The minimum absolute atomic E-state index is 0.200. The molecule has 186 valence electrons. The van der Waals surface area contributed by atoms with E-state index in [1.165, 1.54) is 6.21 Å². The van der Waals surface area contributed by atoms with Crippen LogP contribution in [-0.4, -0.2) is 37.1 Å². The minimum atomic E-state index is -0.903. The number of hydrazone groups is 1. The lowest BCUT2D eigenvalue weighted by Gasteiger charge is -2.12. The number of nitrogens with one attached hydrogen (secondary N) is 3. The Labute approximate surface area is 209 Å². The van der Waals surface area contributed by atoms with Crippen molar-refractivity contribution >= 4 is 35.3 Å². The predicted molar refractivity (Wildman–Crippen MR) is 138 cm³/mol. The maximum atomic E-state index is 12.2. The van der Waals surface area contributed by atoms with Gasteiger partial charge in [0.1, 0.15) is 0 Å². The monoisotopic (exact) mass is 488 g/mol. The molecule has 9 nitrogen and oxygen atoms in total. The second-order valence-electron chi connectivity index (χ2n) is 7.55. The largest absolute Gasteiger partial charge is 0.490 e. The van der Waals surface area contributed by atoms with E-state index in [1.807, 2.05) is 44.2 Å². The standard InChI is InChI=1S/C27H28N4O5/c1-3-19-10-13-22(14-11-19)30-26(33)27(34)31-28-17-20-12-15-23(24(16-20)35-4-2)36-18-25(32)29-21-8-6-5-7-9-21/h5-17H,3-4,18H2,1-2H3,(H,29,32)(H,30,33)(H,31,34)/b28-17-. The Balaban J connectivity index is 1.54. The molecule has 3 rings (SSSR count). The van der Waals surface area contributed by atoms with E-state index in [2.05, 4.69) is 21.2 Å². The number of anilines is 2. The van der Waals surface area contributed by atoms with Crippen molar-refractivity contribution in [3.05, 3.63) is 83.9 Å². The molecule has 9 heteroatoms. The molecular weight excluding hydrogens is 460 g/mol. The fraction of sp³-hybridized carbons (Fsp3) is 0.185. The van der Waals surface area contributed by atoms with Crippen LogP contribution in [0.25, 0.3) is 0 Å². The number of rotatable bonds is 10. The van der Waals surface area contributed by atoms with E-state index >= 15 is 0 Å². The van der Waals surface area contributed by atoms with Crippen LogP contribution in [0.1, 0.15) is 25.0 Å². The lowest BCUT2D eigenvalue weighted by molar-refractivity contribution is -0.136. The van der Waals surface area contributed by atoms with Gasteiger partial charge in [0.2, 0.25) is 0 Å². The molecule has 0 aliphatic rings. The van der Waals surface area contributed by atoms with Crippen LogP contribution in [0.4, 0.5) is 11.4 Å². The lowest BCUT2D eigenvalue weighted by atomic mass is 10.1. The van der Waals surface area contributed by atoms with Gasteiger partial charge in [0.05, 0.1) is 12.8 Å². The van der Waals surface area contributed by atoms with Crippen LogP contribution in [0.3, 0.4) is 0 Å².